The standard InChI is InChI=1S/C17H20ClN/c1-17(2,3)13-14-9-11-16(12-10-14)19(18)15-7-5-4-6-8-15/h4-12H,13H2,1-3H3. The Labute approximate surface area is 120 Å². The molecule has 2 rings (SSSR count). The first-order chi connectivity index (χ1) is 8.96. The summed E-state index contributed by atoms with van der Waals surface area (Å²) in [5.41, 5.74) is 3.62. The third kappa shape index (κ3) is 4.00. The maximum absolute atomic E-state index is 6.35. The number of hydrogen-bond acceptors (Lipinski definition) is 1. The van der Waals surface area contributed by atoms with E-state index in [1.54, 1.807) is 4.42 Å². The molecule has 0 amide bonds. The van der Waals surface area contributed by atoms with Gasteiger partial charge in [-0.15, -0.1) is 0 Å². The average Bonchev–Trinajstić information content (AvgIpc) is 2.38. The maximum atomic E-state index is 6.35. The quantitative estimate of drug-likeness (QED) is 0.661. The second-order valence-corrected chi connectivity index (χ2v) is 6.36. The molecule has 2 aromatic rings. The van der Waals surface area contributed by atoms with Gasteiger partial charge in [-0.3, -0.25) is 4.42 Å². The van der Waals surface area contributed by atoms with Crippen molar-refractivity contribution >= 4 is 23.2 Å². The Morgan fingerprint density at radius 1 is 0.842 bits per heavy atom. The predicted molar refractivity (Wildman–Crippen MR) is 84.0 cm³/mol. The van der Waals surface area contributed by atoms with Gasteiger partial charge in [0.15, 0.2) is 0 Å². The molecule has 0 spiro atoms. The van der Waals surface area contributed by atoms with Crippen LogP contribution >= 0.6 is 11.8 Å². The smallest absolute Gasteiger partial charge is 0.0581 e. The van der Waals surface area contributed by atoms with Gasteiger partial charge < -0.3 is 0 Å². The van der Waals surface area contributed by atoms with Gasteiger partial charge in [0.25, 0.3) is 0 Å². The minimum absolute atomic E-state index is 0.307. The van der Waals surface area contributed by atoms with Crippen molar-refractivity contribution in [3.8, 4) is 0 Å². The first-order valence-electron chi connectivity index (χ1n) is 6.56. The molecular formula is C17H20ClN. The number of halogens is 1. The summed E-state index contributed by atoms with van der Waals surface area (Å²) in [6.45, 7) is 6.75. The predicted octanol–water partition coefficient (Wildman–Crippen LogP) is 5.57. The van der Waals surface area contributed by atoms with Crippen molar-refractivity contribution in [1.29, 1.82) is 0 Å². The van der Waals surface area contributed by atoms with Crippen LogP contribution in [0.1, 0.15) is 26.3 Å². The van der Waals surface area contributed by atoms with Crippen molar-refractivity contribution in [2.24, 2.45) is 5.41 Å². The van der Waals surface area contributed by atoms with Crippen molar-refractivity contribution in [2.45, 2.75) is 27.2 Å². The molecule has 0 saturated heterocycles. The summed E-state index contributed by atoms with van der Waals surface area (Å²) in [5.74, 6) is 0. The second kappa shape index (κ2) is 5.66. The largest absolute Gasteiger partial charge is 0.254 e. The van der Waals surface area contributed by atoms with Crippen LogP contribution in [0.5, 0.6) is 0 Å². The molecule has 100 valence electrons. The zero-order chi connectivity index (χ0) is 13.9. The van der Waals surface area contributed by atoms with E-state index in [4.69, 9.17) is 11.8 Å². The number of benzene rings is 2. The number of rotatable bonds is 3. The zero-order valence-corrected chi connectivity index (χ0v) is 12.5. The third-order valence-electron chi connectivity index (χ3n) is 2.88. The van der Waals surface area contributed by atoms with Gasteiger partial charge in [-0.25, -0.2) is 0 Å². The Kier molecular flexibility index (Phi) is 4.16. The number of para-hydroxylation sites is 1. The fourth-order valence-corrected chi connectivity index (χ4v) is 2.29. The summed E-state index contributed by atoms with van der Waals surface area (Å²) in [6, 6.07) is 18.4. The summed E-state index contributed by atoms with van der Waals surface area (Å²) < 4.78 is 1.68. The summed E-state index contributed by atoms with van der Waals surface area (Å²) in [5, 5.41) is 0. The van der Waals surface area contributed by atoms with Gasteiger partial charge in [-0.05, 0) is 41.7 Å². The molecule has 2 heteroatoms. The molecule has 0 atom stereocenters. The molecule has 0 radical (unpaired) electrons. The highest BCUT2D eigenvalue weighted by Gasteiger charge is 2.12. The summed E-state index contributed by atoms with van der Waals surface area (Å²) >= 11 is 6.35. The molecule has 19 heavy (non-hydrogen) atoms. The Bertz CT molecular complexity index is 511. The van der Waals surface area contributed by atoms with Gasteiger partial charge in [0.1, 0.15) is 0 Å². The molecule has 2 aromatic carbocycles. The van der Waals surface area contributed by atoms with Crippen LogP contribution < -0.4 is 4.42 Å². The van der Waals surface area contributed by atoms with E-state index in [9.17, 15) is 0 Å². The first kappa shape index (κ1) is 14.0. The van der Waals surface area contributed by atoms with Crippen molar-refractivity contribution in [3.63, 3.8) is 0 Å². The molecule has 0 aliphatic carbocycles. The van der Waals surface area contributed by atoms with E-state index in [-0.39, 0.29) is 0 Å². The van der Waals surface area contributed by atoms with E-state index in [2.05, 4.69) is 45.0 Å². The highest BCUT2D eigenvalue weighted by molar-refractivity contribution is 6.29. The van der Waals surface area contributed by atoms with Gasteiger partial charge in [0, 0.05) is 11.8 Å². The number of nitrogens with zero attached hydrogens (tertiary/aromatic N) is 1. The van der Waals surface area contributed by atoms with Crippen molar-refractivity contribution in [1.82, 2.24) is 0 Å². The SMILES string of the molecule is CC(C)(C)Cc1ccc(N(Cl)c2ccccc2)cc1. The van der Waals surface area contributed by atoms with Crippen molar-refractivity contribution < 1.29 is 0 Å². The minimum Gasteiger partial charge on any atom is -0.254 e. The molecule has 1 nitrogen and oxygen atoms in total. The van der Waals surface area contributed by atoms with Crippen LogP contribution in [-0.4, -0.2) is 0 Å². The Hall–Kier alpha value is -1.47. The lowest BCUT2D eigenvalue weighted by atomic mass is 9.88. The molecule has 0 N–H and O–H groups in total. The average molecular weight is 274 g/mol. The van der Waals surface area contributed by atoms with Crippen LogP contribution in [0, 0.1) is 5.41 Å². The van der Waals surface area contributed by atoms with Crippen LogP contribution in [0.3, 0.4) is 0 Å². The van der Waals surface area contributed by atoms with Crippen molar-refractivity contribution in [3.05, 3.63) is 60.2 Å². The van der Waals surface area contributed by atoms with E-state index in [1.807, 2.05) is 30.3 Å². The van der Waals surface area contributed by atoms with Crippen LogP contribution in [-0.2, 0) is 6.42 Å². The third-order valence-corrected chi connectivity index (χ3v) is 3.27. The Morgan fingerprint density at radius 2 is 1.37 bits per heavy atom. The minimum atomic E-state index is 0.307. The normalized spacial score (nSPS) is 11.4. The highest BCUT2D eigenvalue weighted by Crippen LogP contribution is 2.28. The van der Waals surface area contributed by atoms with Gasteiger partial charge >= 0.3 is 0 Å². The lowest BCUT2D eigenvalue weighted by molar-refractivity contribution is 0.411. The topological polar surface area (TPSA) is 3.24 Å². The molecule has 0 aromatic heterocycles. The Balaban J connectivity index is 2.15. The van der Waals surface area contributed by atoms with Crippen molar-refractivity contribution in [2.75, 3.05) is 4.42 Å². The molecule has 0 aliphatic rings. The van der Waals surface area contributed by atoms with E-state index in [0.29, 0.717) is 5.41 Å². The monoisotopic (exact) mass is 273 g/mol. The fraction of sp³-hybridized carbons (Fsp3) is 0.294. The fourth-order valence-electron chi connectivity index (χ4n) is 2.06. The molecule has 0 fully saturated rings. The van der Waals surface area contributed by atoms with Crippen LogP contribution in [0.4, 0.5) is 11.4 Å². The van der Waals surface area contributed by atoms with E-state index in [1.165, 1.54) is 5.56 Å². The summed E-state index contributed by atoms with van der Waals surface area (Å²) in [6.07, 6.45) is 1.07. The van der Waals surface area contributed by atoms with Gasteiger partial charge in [0.05, 0.1) is 11.4 Å². The van der Waals surface area contributed by atoms with Gasteiger partial charge in [-0.1, -0.05) is 51.1 Å². The zero-order valence-electron chi connectivity index (χ0n) is 11.7. The number of anilines is 2. The highest BCUT2D eigenvalue weighted by atomic mass is 35.5. The summed E-state index contributed by atoms with van der Waals surface area (Å²) in [7, 11) is 0. The van der Waals surface area contributed by atoms with Crippen LogP contribution in [0.2, 0.25) is 0 Å². The lowest BCUT2D eigenvalue weighted by Gasteiger charge is -2.19. The van der Waals surface area contributed by atoms with Gasteiger partial charge in [0.2, 0.25) is 0 Å². The van der Waals surface area contributed by atoms with Gasteiger partial charge in [-0.2, -0.15) is 0 Å². The molecule has 0 bridgehead atoms. The van der Waals surface area contributed by atoms with E-state index in [0.717, 1.165) is 17.8 Å². The van der Waals surface area contributed by atoms with Crippen LogP contribution in [0.25, 0.3) is 0 Å². The number of hydrogen-bond donors (Lipinski definition) is 0. The maximum Gasteiger partial charge on any atom is 0.0581 e. The second-order valence-electron chi connectivity index (χ2n) is 6.02. The summed E-state index contributed by atoms with van der Waals surface area (Å²) in [4.78, 5) is 0. The first-order valence-corrected chi connectivity index (χ1v) is 6.89. The lowest BCUT2D eigenvalue weighted by Crippen LogP contribution is -2.09. The molecule has 0 heterocycles. The molecule has 0 saturated carbocycles. The molecule has 0 aliphatic heterocycles. The van der Waals surface area contributed by atoms with Crippen LogP contribution in [0.15, 0.2) is 54.6 Å². The van der Waals surface area contributed by atoms with E-state index < -0.39 is 0 Å². The van der Waals surface area contributed by atoms with E-state index >= 15 is 0 Å². The molecular weight excluding hydrogens is 254 g/mol. The Morgan fingerprint density at radius 3 is 1.89 bits per heavy atom. The molecule has 0 unspecified atom stereocenters.